The van der Waals surface area contributed by atoms with Gasteiger partial charge in [0.2, 0.25) is 0 Å². The molecule has 0 aliphatic carbocycles. The number of benzene rings is 1. The van der Waals surface area contributed by atoms with Crippen molar-refractivity contribution in [3.05, 3.63) is 36.5 Å². The zero-order valence-electron chi connectivity index (χ0n) is 15.0. The number of rotatable bonds is 4. The Hall–Kier alpha value is -2.08. The topological polar surface area (TPSA) is 54.5 Å². The summed E-state index contributed by atoms with van der Waals surface area (Å²) in [6.07, 6.45) is 2.68. The molecule has 1 N–H and O–H groups in total. The Labute approximate surface area is 153 Å². The molecule has 0 spiro atoms. The van der Waals surface area contributed by atoms with E-state index in [1.54, 1.807) is 16.2 Å². The van der Waals surface area contributed by atoms with Gasteiger partial charge in [0, 0.05) is 25.8 Å². The van der Waals surface area contributed by atoms with Gasteiger partial charge in [-0.15, -0.1) is 0 Å². The van der Waals surface area contributed by atoms with Crippen molar-refractivity contribution in [2.45, 2.75) is 32.8 Å². The van der Waals surface area contributed by atoms with Gasteiger partial charge in [-0.25, -0.2) is 9.78 Å². The van der Waals surface area contributed by atoms with Crippen molar-refractivity contribution in [3.63, 3.8) is 0 Å². The zero-order valence-corrected chi connectivity index (χ0v) is 15.8. The van der Waals surface area contributed by atoms with Crippen molar-refractivity contribution < 1.29 is 9.53 Å². The summed E-state index contributed by atoms with van der Waals surface area (Å²) in [6, 6.07) is 10.3. The maximum Gasteiger partial charge on any atom is 0.410 e. The van der Waals surface area contributed by atoms with Crippen molar-refractivity contribution in [3.8, 4) is 10.4 Å². The maximum atomic E-state index is 12.1. The molecule has 2 aromatic rings. The highest BCUT2D eigenvalue weighted by molar-refractivity contribution is 7.18. The molecule has 1 saturated heterocycles. The van der Waals surface area contributed by atoms with E-state index in [4.69, 9.17) is 4.74 Å². The number of anilines is 1. The molecule has 0 radical (unpaired) electrons. The van der Waals surface area contributed by atoms with Gasteiger partial charge in [0.25, 0.3) is 0 Å². The average Bonchev–Trinajstić information content (AvgIpc) is 3.22. The first-order valence-corrected chi connectivity index (χ1v) is 9.45. The van der Waals surface area contributed by atoms with Gasteiger partial charge >= 0.3 is 6.09 Å². The highest BCUT2D eigenvalue weighted by Crippen LogP contribution is 2.29. The molecule has 1 aliphatic rings. The van der Waals surface area contributed by atoms with Gasteiger partial charge in [-0.2, -0.15) is 0 Å². The first-order valence-electron chi connectivity index (χ1n) is 8.64. The van der Waals surface area contributed by atoms with Crippen LogP contribution in [0.1, 0.15) is 27.2 Å². The predicted octanol–water partition coefficient (Wildman–Crippen LogP) is 4.48. The molecule has 2 heterocycles. The highest BCUT2D eigenvalue weighted by atomic mass is 32.1. The second kappa shape index (κ2) is 7.44. The van der Waals surface area contributed by atoms with Crippen LogP contribution < -0.4 is 5.32 Å². The van der Waals surface area contributed by atoms with E-state index in [-0.39, 0.29) is 6.09 Å². The van der Waals surface area contributed by atoms with Crippen LogP contribution in [0.2, 0.25) is 0 Å². The molecule has 1 atom stereocenters. The molecule has 1 fully saturated rings. The normalized spacial score (nSPS) is 17.6. The molecule has 0 saturated carbocycles. The fraction of sp³-hybridized carbons (Fsp3) is 0.474. The Morgan fingerprint density at radius 1 is 1.36 bits per heavy atom. The predicted molar refractivity (Wildman–Crippen MR) is 102 cm³/mol. The summed E-state index contributed by atoms with van der Waals surface area (Å²) in [6.45, 7) is 8.00. The lowest BCUT2D eigenvalue weighted by Gasteiger charge is -2.24. The zero-order chi connectivity index (χ0) is 17.9. The number of carbonyl (C=O) groups is 1. The number of hydrogen-bond acceptors (Lipinski definition) is 5. The largest absolute Gasteiger partial charge is 0.444 e. The lowest BCUT2D eigenvalue weighted by Crippen LogP contribution is -2.35. The second-order valence-electron chi connectivity index (χ2n) is 7.36. The lowest BCUT2D eigenvalue weighted by molar-refractivity contribution is 0.0289. The van der Waals surface area contributed by atoms with Crippen LogP contribution in [-0.2, 0) is 4.74 Å². The van der Waals surface area contributed by atoms with Crippen LogP contribution in [0.3, 0.4) is 0 Å². The molecular weight excluding hydrogens is 334 g/mol. The molecule has 25 heavy (non-hydrogen) atoms. The van der Waals surface area contributed by atoms with Gasteiger partial charge < -0.3 is 15.0 Å². The van der Waals surface area contributed by atoms with Crippen LogP contribution >= 0.6 is 11.3 Å². The van der Waals surface area contributed by atoms with E-state index in [9.17, 15) is 4.79 Å². The van der Waals surface area contributed by atoms with Gasteiger partial charge in [-0.05, 0) is 38.7 Å². The number of carbonyl (C=O) groups excluding carboxylic acids is 1. The number of aromatic nitrogens is 1. The molecular formula is C19H25N3O2S. The van der Waals surface area contributed by atoms with Gasteiger partial charge in [-0.3, -0.25) is 0 Å². The smallest absolute Gasteiger partial charge is 0.410 e. The molecule has 1 aromatic heterocycles. The molecule has 0 unspecified atom stereocenters. The number of ether oxygens (including phenoxy) is 1. The van der Waals surface area contributed by atoms with Crippen molar-refractivity contribution in [1.29, 1.82) is 0 Å². The number of thiazole rings is 1. The minimum atomic E-state index is -0.442. The monoisotopic (exact) mass is 359 g/mol. The molecule has 5 nitrogen and oxygen atoms in total. The van der Waals surface area contributed by atoms with Crippen LogP contribution in [0.4, 0.5) is 9.93 Å². The Bertz CT molecular complexity index is 709. The van der Waals surface area contributed by atoms with E-state index in [1.165, 1.54) is 5.56 Å². The third-order valence-electron chi connectivity index (χ3n) is 4.04. The van der Waals surface area contributed by atoms with Gasteiger partial charge in [0.1, 0.15) is 5.60 Å². The number of likely N-dealkylation sites (tertiary alicyclic amines) is 1. The van der Waals surface area contributed by atoms with Gasteiger partial charge in [0.05, 0.1) is 4.88 Å². The highest BCUT2D eigenvalue weighted by Gasteiger charge is 2.29. The third kappa shape index (κ3) is 4.95. The SMILES string of the molecule is CC(C)(C)OC(=O)N1CC[C@H](CNc2ncc(-c3ccccc3)s2)C1. The second-order valence-corrected chi connectivity index (χ2v) is 8.39. The quantitative estimate of drug-likeness (QED) is 0.874. The summed E-state index contributed by atoms with van der Waals surface area (Å²) < 4.78 is 5.44. The number of amides is 1. The van der Waals surface area contributed by atoms with E-state index in [0.29, 0.717) is 5.92 Å². The van der Waals surface area contributed by atoms with Crippen LogP contribution in [-0.4, -0.2) is 41.2 Å². The summed E-state index contributed by atoms with van der Waals surface area (Å²) >= 11 is 1.66. The first-order chi connectivity index (χ1) is 11.9. The summed E-state index contributed by atoms with van der Waals surface area (Å²) in [5.74, 6) is 0.427. The summed E-state index contributed by atoms with van der Waals surface area (Å²) in [5.41, 5.74) is 0.743. The lowest BCUT2D eigenvalue weighted by atomic mass is 10.1. The number of hydrogen-bond donors (Lipinski definition) is 1. The fourth-order valence-electron chi connectivity index (χ4n) is 2.81. The van der Waals surface area contributed by atoms with Gasteiger partial charge in [0.15, 0.2) is 5.13 Å². The third-order valence-corrected chi connectivity index (χ3v) is 5.05. The minimum absolute atomic E-state index is 0.212. The van der Waals surface area contributed by atoms with Crippen LogP contribution in [0.25, 0.3) is 10.4 Å². The van der Waals surface area contributed by atoms with Crippen molar-refractivity contribution >= 4 is 22.6 Å². The summed E-state index contributed by atoms with van der Waals surface area (Å²) in [4.78, 5) is 19.5. The van der Waals surface area contributed by atoms with Crippen LogP contribution in [0, 0.1) is 5.92 Å². The molecule has 134 valence electrons. The number of nitrogens with one attached hydrogen (secondary N) is 1. The fourth-order valence-corrected chi connectivity index (χ4v) is 3.64. The van der Waals surface area contributed by atoms with E-state index in [0.717, 1.165) is 36.1 Å². The first kappa shape index (κ1) is 17.7. The average molecular weight is 359 g/mol. The van der Waals surface area contributed by atoms with Crippen LogP contribution in [0.15, 0.2) is 36.5 Å². The Kier molecular flexibility index (Phi) is 5.27. The summed E-state index contributed by atoms with van der Waals surface area (Å²) in [5, 5.41) is 4.34. The van der Waals surface area contributed by atoms with E-state index in [1.807, 2.05) is 45.2 Å². The Morgan fingerprint density at radius 2 is 2.12 bits per heavy atom. The van der Waals surface area contributed by atoms with Crippen molar-refractivity contribution in [2.24, 2.45) is 5.92 Å². The standard InChI is InChI=1S/C19H25N3O2S/c1-19(2,3)24-18(23)22-10-9-14(13-22)11-20-17-21-12-16(25-17)15-7-5-4-6-8-15/h4-8,12,14H,9-11,13H2,1-3H3,(H,20,21)/t14-/m1/s1. The van der Waals surface area contributed by atoms with Gasteiger partial charge in [-0.1, -0.05) is 41.7 Å². The summed E-state index contributed by atoms with van der Waals surface area (Å²) in [7, 11) is 0. The van der Waals surface area contributed by atoms with E-state index in [2.05, 4.69) is 22.4 Å². The van der Waals surface area contributed by atoms with E-state index >= 15 is 0 Å². The Balaban J connectivity index is 1.49. The maximum absolute atomic E-state index is 12.1. The minimum Gasteiger partial charge on any atom is -0.444 e. The Morgan fingerprint density at radius 3 is 2.84 bits per heavy atom. The molecule has 1 aromatic carbocycles. The molecule has 1 amide bonds. The molecule has 3 rings (SSSR count). The molecule has 0 bridgehead atoms. The van der Waals surface area contributed by atoms with E-state index < -0.39 is 5.60 Å². The van der Waals surface area contributed by atoms with Crippen molar-refractivity contribution in [2.75, 3.05) is 25.0 Å². The van der Waals surface area contributed by atoms with Crippen molar-refractivity contribution in [1.82, 2.24) is 9.88 Å². The molecule has 1 aliphatic heterocycles. The number of nitrogens with zero attached hydrogens (tertiary/aromatic N) is 2. The molecule has 6 heteroatoms. The van der Waals surface area contributed by atoms with Crippen LogP contribution in [0.5, 0.6) is 0 Å².